The second-order valence-corrected chi connectivity index (χ2v) is 6.05. The zero-order valence-corrected chi connectivity index (χ0v) is 14.6. The molecule has 0 spiro atoms. The average Bonchev–Trinajstić information content (AvgIpc) is 3.08. The first-order chi connectivity index (χ1) is 12.5. The highest BCUT2D eigenvalue weighted by atomic mass is 35.5. The fourth-order valence-corrected chi connectivity index (χ4v) is 2.65. The number of aromatic hydroxyl groups is 2. The molecule has 1 heterocycles. The van der Waals surface area contributed by atoms with Crippen molar-refractivity contribution in [1.82, 2.24) is 15.6 Å². The molecule has 3 aromatic rings. The molecule has 0 bridgehead atoms. The molecule has 0 saturated carbocycles. The maximum atomic E-state index is 12.1. The Morgan fingerprint density at radius 2 is 2.00 bits per heavy atom. The Morgan fingerprint density at radius 1 is 1.19 bits per heavy atom. The summed E-state index contributed by atoms with van der Waals surface area (Å²) in [6, 6.07) is 10.9. The lowest BCUT2D eigenvalue weighted by atomic mass is 10.1. The fraction of sp³-hybridized carbons (Fsp3) is 0. The smallest absolute Gasteiger partial charge is 0.289 e. The van der Waals surface area contributed by atoms with Crippen LogP contribution >= 0.6 is 23.2 Å². The van der Waals surface area contributed by atoms with Crippen LogP contribution in [-0.4, -0.2) is 32.5 Å². The molecule has 26 heavy (non-hydrogen) atoms. The van der Waals surface area contributed by atoms with Gasteiger partial charge in [-0.05, 0) is 36.4 Å². The number of benzene rings is 2. The third-order valence-corrected chi connectivity index (χ3v) is 3.99. The van der Waals surface area contributed by atoms with E-state index in [1.807, 2.05) is 0 Å². The van der Waals surface area contributed by atoms with Gasteiger partial charge in [0.2, 0.25) is 0 Å². The van der Waals surface area contributed by atoms with E-state index in [2.05, 4.69) is 20.7 Å². The van der Waals surface area contributed by atoms with Crippen LogP contribution < -0.4 is 5.43 Å². The van der Waals surface area contributed by atoms with Gasteiger partial charge >= 0.3 is 0 Å². The number of carbonyl (C=O) groups is 1. The van der Waals surface area contributed by atoms with E-state index in [0.717, 1.165) is 0 Å². The minimum absolute atomic E-state index is 0.170. The molecule has 1 aromatic heterocycles. The molecular weight excluding hydrogens is 379 g/mol. The summed E-state index contributed by atoms with van der Waals surface area (Å²) in [5, 5.41) is 30.4. The number of rotatable bonds is 4. The zero-order chi connectivity index (χ0) is 18.7. The number of phenols is 2. The van der Waals surface area contributed by atoms with Crippen LogP contribution in [0.25, 0.3) is 11.3 Å². The molecule has 0 fully saturated rings. The zero-order valence-electron chi connectivity index (χ0n) is 13.1. The maximum Gasteiger partial charge on any atom is 0.289 e. The van der Waals surface area contributed by atoms with Crippen molar-refractivity contribution in [2.45, 2.75) is 0 Å². The van der Waals surface area contributed by atoms with Gasteiger partial charge in [0.15, 0.2) is 11.5 Å². The number of phenolic OH excluding ortho intramolecular Hbond substituents is 2. The summed E-state index contributed by atoms with van der Waals surface area (Å²) in [4.78, 5) is 12.1. The highest BCUT2D eigenvalue weighted by Crippen LogP contribution is 2.29. The standard InChI is InChI=1S/C17H12Cl2N4O3/c18-10-4-5-11(12(19)6-10)13-7-14(22-21-13)17(26)23-20-8-9-2-1-3-15(24)16(9)25/h1-8,24-25H,(H,21,22)(H,23,26)/b20-8+. The molecule has 0 aliphatic rings. The van der Waals surface area contributed by atoms with E-state index >= 15 is 0 Å². The first kappa shape index (κ1) is 17.8. The maximum absolute atomic E-state index is 12.1. The van der Waals surface area contributed by atoms with Crippen LogP contribution in [-0.2, 0) is 0 Å². The van der Waals surface area contributed by atoms with E-state index in [1.54, 1.807) is 18.2 Å². The van der Waals surface area contributed by atoms with Crippen LogP contribution in [0.15, 0.2) is 47.6 Å². The Labute approximate surface area is 157 Å². The van der Waals surface area contributed by atoms with Gasteiger partial charge in [0.25, 0.3) is 5.91 Å². The molecule has 1 amide bonds. The lowest BCUT2D eigenvalue weighted by Gasteiger charge is -2.01. The number of nitrogens with zero attached hydrogens (tertiary/aromatic N) is 2. The Hall–Kier alpha value is -3.03. The summed E-state index contributed by atoms with van der Waals surface area (Å²) in [5.74, 6) is -1.14. The van der Waals surface area contributed by atoms with Crippen molar-refractivity contribution in [1.29, 1.82) is 0 Å². The second kappa shape index (κ2) is 7.47. The van der Waals surface area contributed by atoms with Crippen molar-refractivity contribution in [3.8, 4) is 22.8 Å². The quantitative estimate of drug-likeness (QED) is 0.310. The van der Waals surface area contributed by atoms with Crippen molar-refractivity contribution in [3.05, 3.63) is 63.8 Å². The first-order valence-corrected chi connectivity index (χ1v) is 8.06. The molecule has 0 unspecified atom stereocenters. The number of hydrogen-bond donors (Lipinski definition) is 4. The number of hydrazone groups is 1. The van der Waals surface area contributed by atoms with Gasteiger partial charge in [-0.3, -0.25) is 9.89 Å². The molecule has 132 valence electrons. The number of aromatic nitrogens is 2. The molecule has 0 atom stereocenters. The summed E-state index contributed by atoms with van der Waals surface area (Å²) >= 11 is 12.0. The van der Waals surface area contributed by atoms with Crippen LogP contribution in [0.3, 0.4) is 0 Å². The first-order valence-electron chi connectivity index (χ1n) is 7.31. The SMILES string of the molecule is O=C(N/N=C/c1cccc(O)c1O)c1cc(-c2ccc(Cl)cc2Cl)n[nH]1. The number of nitrogens with one attached hydrogen (secondary N) is 2. The van der Waals surface area contributed by atoms with Gasteiger partial charge in [0, 0.05) is 16.1 Å². The van der Waals surface area contributed by atoms with E-state index in [4.69, 9.17) is 23.2 Å². The van der Waals surface area contributed by atoms with Gasteiger partial charge in [-0.2, -0.15) is 10.2 Å². The highest BCUT2D eigenvalue weighted by molar-refractivity contribution is 6.36. The van der Waals surface area contributed by atoms with E-state index in [9.17, 15) is 15.0 Å². The van der Waals surface area contributed by atoms with Crippen LogP contribution in [0, 0.1) is 0 Å². The highest BCUT2D eigenvalue weighted by Gasteiger charge is 2.13. The fourth-order valence-electron chi connectivity index (χ4n) is 2.15. The van der Waals surface area contributed by atoms with Gasteiger partial charge in [-0.1, -0.05) is 29.3 Å². The van der Waals surface area contributed by atoms with Crippen LogP contribution in [0.4, 0.5) is 0 Å². The summed E-state index contributed by atoms with van der Waals surface area (Å²) in [6.07, 6.45) is 1.21. The predicted octanol–water partition coefficient (Wildman–Crippen LogP) is 3.56. The Bertz CT molecular complexity index is 1000. The van der Waals surface area contributed by atoms with Gasteiger partial charge in [0.05, 0.1) is 16.9 Å². The Balaban J connectivity index is 1.72. The summed E-state index contributed by atoms with van der Waals surface area (Å²) in [5.41, 5.74) is 3.82. The van der Waals surface area contributed by atoms with Crippen LogP contribution in [0.2, 0.25) is 10.0 Å². The molecule has 3 rings (SSSR count). The number of H-pyrrole nitrogens is 1. The van der Waals surface area contributed by atoms with Gasteiger partial charge < -0.3 is 10.2 Å². The van der Waals surface area contributed by atoms with E-state index in [0.29, 0.717) is 21.3 Å². The van der Waals surface area contributed by atoms with Crippen molar-refractivity contribution >= 4 is 35.3 Å². The lowest BCUT2D eigenvalue weighted by molar-refractivity contribution is 0.0950. The van der Waals surface area contributed by atoms with Crippen molar-refractivity contribution in [3.63, 3.8) is 0 Å². The summed E-state index contributed by atoms with van der Waals surface area (Å²) in [6.45, 7) is 0. The number of amides is 1. The van der Waals surface area contributed by atoms with Gasteiger partial charge in [-0.25, -0.2) is 5.43 Å². The monoisotopic (exact) mass is 390 g/mol. The van der Waals surface area contributed by atoms with Crippen LogP contribution in [0.1, 0.15) is 16.1 Å². The van der Waals surface area contributed by atoms with Gasteiger partial charge in [0.1, 0.15) is 5.69 Å². The molecule has 7 nitrogen and oxygen atoms in total. The average molecular weight is 391 g/mol. The molecule has 0 saturated heterocycles. The Morgan fingerprint density at radius 3 is 2.77 bits per heavy atom. The van der Waals surface area contributed by atoms with Crippen molar-refractivity contribution in [2.24, 2.45) is 5.10 Å². The summed E-state index contributed by atoms with van der Waals surface area (Å²) in [7, 11) is 0. The Kier molecular flexibility index (Phi) is 5.11. The molecule has 0 aliphatic carbocycles. The number of halogens is 2. The molecule has 2 aromatic carbocycles. The molecule has 0 aliphatic heterocycles. The number of carbonyl (C=O) groups excluding carboxylic acids is 1. The summed E-state index contributed by atoms with van der Waals surface area (Å²) < 4.78 is 0. The molecule has 4 N–H and O–H groups in total. The van der Waals surface area contributed by atoms with Crippen molar-refractivity contribution < 1.29 is 15.0 Å². The lowest BCUT2D eigenvalue weighted by Crippen LogP contribution is -2.18. The van der Waals surface area contributed by atoms with E-state index < -0.39 is 5.91 Å². The third-order valence-electron chi connectivity index (χ3n) is 3.45. The normalized spacial score (nSPS) is 11.0. The van der Waals surface area contributed by atoms with Crippen molar-refractivity contribution in [2.75, 3.05) is 0 Å². The topological polar surface area (TPSA) is 111 Å². The molecule has 0 radical (unpaired) electrons. The van der Waals surface area contributed by atoms with E-state index in [1.165, 1.54) is 30.5 Å². The number of aromatic amines is 1. The van der Waals surface area contributed by atoms with Crippen LogP contribution in [0.5, 0.6) is 11.5 Å². The second-order valence-electron chi connectivity index (χ2n) is 5.21. The minimum atomic E-state index is -0.537. The van der Waals surface area contributed by atoms with E-state index in [-0.39, 0.29) is 22.8 Å². The number of hydrogen-bond acceptors (Lipinski definition) is 5. The molecule has 9 heteroatoms. The number of para-hydroxylation sites is 1. The third kappa shape index (κ3) is 3.79. The molecular formula is C17H12Cl2N4O3. The van der Waals surface area contributed by atoms with Gasteiger partial charge in [-0.15, -0.1) is 0 Å². The minimum Gasteiger partial charge on any atom is -0.504 e. The largest absolute Gasteiger partial charge is 0.504 e. The predicted molar refractivity (Wildman–Crippen MR) is 98.9 cm³/mol.